The molecule has 1 amide bonds. The molecule has 3 N–H and O–H groups in total. The van der Waals surface area contributed by atoms with Gasteiger partial charge in [-0.15, -0.1) is 0 Å². The van der Waals surface area contributed by atoms with Gasteiger partial charge in [0.15, 0.2) is 0 Å². The van der Waals surface area contributed by atoms with Crippen molar-refractivity contribution in [3.8, 4) is 28.3 Å². The van der Waals surface area contributed by atoms with Gasteiger partial charge in [0.2, 0.25) is 10.0 Å². The lowest BCUT2D eigenvalue weighted by Crippen LogP contribution is -2.18. The van der Waals surface area contributed by atoms with E-state index in [4.69, 9.17) is 4.98 Å². The van der Waals surface area contributed by atoms with E-state index in [1.54, 1.807) is 13.0 Å². The van der Waals surface area contributed by atoms with Crippen molar-refractivity contribution in [2.45, 2.75) is 53.4 Å². The molecule has 0 fully saturated rings. The van der Waals surface area contributed by atoms with Crippen LogP contribution in [0.2, 0.25) is 0 Å². The van der Waals surface area contributed by atoms with Crippen molar-refractivity contribution in [2.24, 2.45) is 0 Å². The third-order valence-corrected chi connectivity index (χ3v) is 8.22. The zero-order chi connectivity index (χ0) is 31.8. The summed E-state index contributed by atoms with van der Waals surface area (Å²) in [6.45, 7) is 12.0. The third kappa shape index (κ3) is 6.45. The minimum absolute atomic E-state index is 0.273. The fourth-order valence-corrected chi connectivity index (χ4v) is 5.72. The van der Waals surface area contributed by atoms with Gasteiger partial charge in [-0.25, -0.2) is 18.1 Å². The summed E-state index contributed by atoms with van der Waals surface area (Å²) in [7, 11) is -3.51. The number of carbonyl (C=O) groups excluding carboxylic acids is 1. The normalized spacial score (nSPS) is 11.9. The predicted molar refractivity (Wildman–Crippen MR) is 177 cm³/mol. The summed E-state index contributed by atoms with van der Waals surface area (Å²) in [5.41, 5.74) is 8.19. The van der Waals surface area contributed by atoms with E-state index in [0.29, 0.717) is 28.3 Å². The Bertz CT molecular complexity index is 1950. The first-order chi connectivity index (χ1) is 20.7. The average Bonchev–Trinajstić information content (AvgIpc) is 3.62. The van der Waals surface area contributed by atoms with E-state index in [2.05, 4.69) is 27.0 Å². The van der Waals surface area contributed by atoms with Gasteiger partial charge in [-0.2, -0.15) is 5.10 Å². The van der Waals surface area contributed by atoms with E-state index in [9.17, 15) is 13.2 Å². The van der Waals surface area contributed by atoms with Crippen LogP contribution in [-0.4, -0.2) is 40.3 Å². The Kier molecular flexibility index (Phi) is 8.22. The van der Waals surface area contributed by atoms with Crippen molar-refractivity contribution in [1.29, 1.82) is 0 Å². The van der Waals surface area contributed by atoms with Crippen molar-refractivity contribution in [2.75, 3.05) is 16.3 Å². The maximum absolute atomic E-state index is 13.6. The molecular weight excluding hydrogens is 572 g/mol. The van der Waals surface area contributed by atoms with Crippen LogP contribution in [0.4, 0.5) is 11.4 Å². The number of para-hydroxylation sites is 1. The van der Waals surface area contributed by atoms with Gasteiger partial charge < -0.3 is 10.3 Å². The number of anilines is 2. The van der Waals surface area contributed by atoms with Gasteiger partial charge in [0.25, 0.3) is 5.91 Å². The van der Waals surface area contributed by atoms with Crippen LogP contribution in [0.5, 0.6) is 0 Å². The van der Waals surface area contributed by atoms with Gasteiger partial charge in [0, 0.05) is 28.6 Å². The monoisotopic (exact) mass is 610 g/mol. The molecule has 3 aromatic carbocycles. The lowest BCUT2D eigenvalue weighted by atomic mass is 9.85. The van der Waals surface area contributed by atoms with E-state index in [-0.39, 0.29) is 11.3 Å². The van der Waals surface area contributed by atoms with Crippen molar-refractivity contribution < 1.29 is 13.2 Å². The summed E-state index contributed by atoms with van der Waals surface area (Å²) in [6, 6.07) is 19.2. The zero-order valence-electron chi connectivity index (χ0n) is 26.1. The highest BCUT2D eigenvalue weighted by Gasteiger charge is 2.21. The highest BCUT2D eigenvalue weighted by molar-refractivity contribution is 7.92. The van der Waals surface area contributed by atoms with E-state index in [0.717, 1.165) is 52.0 Å². The fourth-order valence-electron chi connectivity index (χ4n) is 5.11. The van der Waals surface area contributed by atoms with Gasteiger partial charge in [0.05, 0.1) is 35.2 Å². The van der Waals surface area contributed by atoms with E-state index in [1.165, 1.54) is 0 Å². The molecule has 0 aliphatic carbocycles. The Balaban J connectivity index is 1.46. The summed E-state index contributed by atoms with van der Waals surface area (Å²) in [6.07, 6.45) is 5.59. The van der Waals surface area contributed by atoms with E-state index in [1.807, 2.05) is 99.4 Å². The van der Waals surface area contributed by atoms with Crippen LogP contribution in [0.1, 0.15) is 60.4 Å². The number of aromatic nitrogens is 4. The number of amides is 1. The Morgan fingerprint density at radius 1 is 0.977 bits per heavy atom. The van der Waals surface area contributed by atoms with Crippen LogP contribution in [-0.2, 0) is 21.9 Å². The van der Waals surface area contributed by atoms with Gasteiger partial charge in [-0.3, -0.25) is 9.52 Å². The lowest BCUT2D eigenvalue weighted by molar-refractivity contribution is 0.102. The first kappa shape index (κ1) is 30.7. The summed E-state index contributed by atoms with van der Waals surface area (Å²) >= 11 is 0. The van der Waals surface area contributed by atoms with E-state index >= 15 is 0 Å². The highest BCUT2D eigenvalue weighted by Crippen LogP contribution is 2.34. The second-order valence-electron chi connectivity index (χ2n) is 12.0. The lowest BCUT2D eigenvalue weighted by Gasteiger charge is -2.23. The maximum Gasteiger partial charge on any atom is 0.255 e. The molecule has 2 aromatic heterocycles. The molecule has 0 atom stereocenters. The van der Waals surface area contributed by atoms with Crippen molar-refractivity contribution in [1.82, 2.24) is 19.7 Å². The SMILES string of the molecule is CCc1c(-c2c[nH]c(-c3cc(C(=O)Nc4cc(C(C)(C)C)cc(NS(C)(=O)=O)c4C)ccc3C)n2)cnn1-c1ccccc1. The van der Waals surface area contributed by atoms with Crippen molar-refractivity contribution in [3.63, 3.8) is 0 Å². The Morgan fingerprint density at radius 2 is 1.68 bits per heavy atom. The molecular formula is C34H38N6O3S. The molecule has 9 nitrogen and oxygen atoms in total. The second-order valence-corrected chi connectivity index (χ2v) is 13.8. The van der Waals surface area contributed by atoms with Gasteiger partial charge in [-0.05, 0) is 78.8 Å². The number of nitrogens with zero attached hydrogens (tertiary/aromatic N) is 3. The van der Waals surface area contributed by atoms with E-state index < -0.39 is 10.0 Å². The minimum Gasteiger partial charge on any atom is -0.344 e. The number of imidazole rings is 1. The summed E-state index contributed by atoms with van der Waals surface area (Å²) < 4.78 is 28.6. The molecule has 0 aliphatic heterocycles. The molecule has 0 saturated heterocycles. The number of carbonyl (C=O) groups is 1. The summed E-state index contributed by atoms with van der Waals surface area (Å²) in [5.74, 6) is 0.335. The number of aromatic amines is 1. The van der Waals surface area contributed by atoms with Gasteiger partial charge in [-0.1, -0.05) is 52.0 Å². The van der Waals surface area contributed by atoms with Crippen LogP contribution in [0.25, 0.3) is 28.3 Å². The molecule has 44 heavy (non-hydrogen) atoms. The summed E-state index contributed by atoms with van der Waals surface area (Å²) in [4.78, 5) is 21.8. The molecule has 2 heterocycles. The van der Waals surface area contributed by atoms with Crippen LogP contribution in [0.15, 0.2) is 73.1 Å². The standard InChI is InChI=1S/C34H38N6O3S/c1-8-31-27(19-36-40(31)25-12-10-9-11-13-25)30-20-35-32(37-30)26-16-23(15-14-21(26)2)33(41)38-28-17-24(34(4,5)6)18-29(22(28)3)39-44(7,42)43/h9-20,39H,8H2,1-7H3,(H,35,37)(H,38,41). The molecule has 0 saturated carbocycles. The smallest absolute Gasteiger partial charge is 0.255 e. The largest absolute Gasteiger partial charge is 0.344 e. The Labute approximate surface area is 258 Å². The van der Waals surface area contributed by atoms with Gasteiger partial charge >= 0.3 is 0 Å². The first-order valence-electron chi connectivity index (χ1n) is 14.5. The quantitative estimate of drug-likeness (QED) is 0.174. The molecule has 0 spiro atoms. The number of nitrogens with one attached hydrogen (secondary N) is 3. The van der Waals surface area contributed by atoms with Gasteiger partial charge in [0.1, 0.15) is 5.82 Å². The van der Waals surface area contributed by atoms with Crippen LogP contribution in [0, 0.1) is 13.8 Å². The van der Waals surface area contributed by atoms with Crippen LogP contribution >= 0.6 is 0 Å². The molecule has 228 valence electrons. The molecule has 10 heteroatoms. The number of sulfonamides is 1. The fraction of sp³-hybridized carbons (Fsp3) is 0.265. The first-order valence-corrected chi connectivity index (χ1v) is 16.4. The number of aryl methyl sites for hydroxylation is 1. The minimum atomic E-state index is -3.51. The summed E-state index contributed by atoms with van der Waals surface area (Å²) in [5, 5.41) is 7.65. The second kappa shape index (κ2) is 11.8. The molecule has 0 radical (unpaired) electrons. The predicted octanol–water partition coefficient (Wildman–Crippen LogP) is 7.03. The molecule has 5 rings (SSSR count). The van der Waals surface area contributed by atoms with Crippen molar-refractivity contribution >= 4 is 27.3 Å². The highest BCUT2D eigenvalue weighted by atomic mass is 32.2. The molecule has 0 unspecified atom stereocenters. The Morgan fingerprint density at radius 3 is 2.34 bits per heavy atom. The topological polar surface area (TPSA) is 122 Å². The number of hydrogen-bond donors (Lipinski definition) is 3. The molecule has 0 aliphatic rings. The average molecular weight is 611 g/mol. The maximum atomic E-state index is 13.6. The number of hydrogen-bond acceptors (Lipinski definition) is 5. The molecule has 5 aromatic rings. The zero-order valence-corrected chi connectivity index (χ0v) is 26.9. The number of benzene rings is 3. The van der Waals surface area contributed by atoms with Crippen LogP contribution in [0.3, 0.4) is 0 Å². The third-order valence-electron chi connectivity index (χ3n) is 7.63. The number of rotatable bonds is 8. The van der Waals surface area contributed by atoms with Crippen LogP contribution < -0.4 is 10.0 Å². The Hall–Kier alpha value is -4.70. The molecule has 0 bridgehead atoms. The number of H-pyrrole nitrogens is 1. The van der Waals surface area contributed by atoms with Crippen molar-refractivity contribution in [3.05, 3.63) is 101 Å².